The first kappa shape index (κ1) is 15.7. The van der Waals surface area contributed by atoms with Crippen LogP contribution in [0.1, 0.15) is 30.0 Å². The van der Waals surface area contributed by atoms with Gasteiger partial charge in [-0.15, -0.1) is 16.4 Å². The molecule has 130 valence electrons. The lowest BCUT2D eigenvalue weighted by molar-refractivity contribution is 0.536. The summed E-state index contributed by atoms with van der Waals surface area (Å²) in [4.78, 5) is 15.0. The van der Waals surface area contributed by atoms with E-state index in [9.17, 15) is 0 Å². The van der Waals surface area contributed by atoms with Gasteiger partial charge < -0.3 is 0 Å². The summed E-state index contributed by atoms with van der Waals surface area (Å²) in [7, 11) is 0. The number of fused-ring (bicyclic) bond motifs is 5. The maximum Gasteiger partial charge on any atom is 0.176 e. The molecule has 5 aromatic heterocycles. The van der Waals surface area contributed by atoms with Gasteiger partial charge in [0.05, 0.1) is 16.7 Å². The molecule has 26 heavy (non-hydrogen) atoms. The van der Waals surface area contributed by atoms with Crippen LogP contribution in [0.4, 0.5) is 0 Å². The second-order valence-corrected chi connectivity index (χ2v) is 7.77. The molecule has 0 aromatic carbocycles. The third-order valence-corrected chi connectivity index (χ3v) is 5.71. The molecular formula is C17H14ClN7S. The van der Waals surface area contributed by atoms with E-state index in [1.165, 1.54) is 5.56 Å². The van der Waals surface area contributed by atoms with E-state index in [2.05, 4.69) is 33.2 Å². The maximum absolute atomic E-state index is 5.98. The van der Waals surface area contributed by atoms with E-state index in [-0.39, 0.29) is 6.04 Å². The van der Waals surface area contributed by atoms with Crippen LogP contribution in [-0.2, 0) is 0 Å². The maximum atomic E-state index is 5.98. The standard InChI is InChI=1S/C17H14ClN7S/c1-8-4-9(2)21-17-12(8)13-14(26-17)16-22-15(23-25(16)7-19-13)10(3)24-6-11(18)5-20-24/h4-7,10H,1-3H3/t10-/m0/s1. The fourth-order valence-corrected chi connectivity index (χ4v) is 4.58. The number of pyridine rings is 1. The van der Waals surface area contributed by atoms with Crippen LogP contribution in [0.3, 0.4) is 0 Å². The highest BCUT2D eigenvalue weighted by Crippen LogP contribution is 2.35. The van der Waals surface area contributed by atoms with Gasteiger partial charge in [-0.1, -0.05) is 11.6 Å². The summed E-state index contributed by atoms with van der Waals surface area (Å²) in [6.07, 6.45) is 5.08. The lowest BCUT2D eigenvalue weighted by Crippen LogP contribution is -2.09. The molecule has 5 heterocycles. The van der Waals surface area contributed by atoms with Gasteiger partial charge in [-0.2, -0.15) is 5.10 Å². The highest BCUT2D eigenvalue weighted by Gasteiger charge is 2.19. The van der Waals surface area contributed by atoms with Gasteiger partial charge in [-0.05, 0) is 32.4 Å². The third-order valence-electron chi connectivity index (χ3n) is 4.45. The van der Waals surface area contributed by atoms with Crippen LogP contribution in [0.2, 0.25) is 5.02 Å². The molecule has 1 atom stereocenters. The number of thiophene rings is 1. The molecule has 0 spiro atoms. The van der Waals surface area contributed by atoms with Crippen molar-refractivity contribution in [3.63, 3.8) is 0 Å². The molecule has 0 saturated heterocycles. The minimum atomic E-state index is -0.131. The molecule has 0 radical (unpaired) electrons. The molecule has 0 N–H and O–H groups in total. The van der Waals surface area contributed by atoms with Crippen LogP contribution in [-0.4, -0.2) is 34.3 Å². The smallest absolute Gasteiger partial charge is 0.176 e. The van der Waals surface area contributed by atoms with E-state index in [1.807, 2.05) is 13.8 Å². The fourth-order valence-electron chi connectivity index (χ4n) is 3.21. The van der Waals surface area contributed by atoms with Gasteiger partial charge >= 0.3 is 0 Å². The van der Waals surface area contributed by atoms with Crippen molar-refractivity contribution >= 4 is 49.0 Å². The van der Waals surface area contributed by atoms with Crippen molar-refractivity contribution in [2.75, 3.05) is 0 Å². The number of aryl methyl sites for hydroxylation is 2. The van der Waals surface area contributed by atoms with Crippen LogP contribution in [0.25, 0.3) is 26.1 Å². The van der Waals surface area contributed by atoms with Crippen molar-refractivity contribution in [1.29, 1.82) is 0 Å². The molecule has 0 aliphatic heterocycles. The first-order valence-corrected chi connectivity index (χ1v) is 9.32. The van der Waals surface area contributed by atoms with E-state index >= 15 is 0 Å². The van der Waals surface area contributed by atoms with Crippen LogP contribution >= 0.6 is 22.9 Å². The van der Waals surface area contributed by atoms with Gasteiger partial charge in [0.15, 0.2) is 11.5 Å². The Kier molecular flexibility index (Phi) is 3.29. The van der Waals surface area contributed by atoms with E-state index in [4.69, 9.17) is 16.6 Å². The van der Waals surface area contributed by atoms with Crippen LogP contribution in [0, 0.1) is 13.8 Å². The first-order valence-electron chi connectivity index (χ1n) is 8.12. The lowest BCUT2D eigenvalue weighted by Gasteiger charge is -2.06. The van der Waals surface area contributed by atoms with Gasteiger partial charge in [0.1, 0.15) is 21.9 Å². The Labute approximate surface area is 157 Å². The van der Waals surface area contributed by atoms with Crippen molar-refractivity contribution < 1.29 is 0 Å². The molecular weight excluding hydrogens is 370 g/mol. The number of nitrogens with zero attached hydrogens (tertiary/aromatic N) is 7. The van der Waals surface area contributed by atoms with E-state index in [1.54, 1.807) is 39.3 Å². The van der Waals surface area contributed by atoms with Crippen molar-refractivity contribution in [1.82, 2.24) is 34.3 Å². The zero-order chi connectivity index (χ0) is 18.0. The Balaban J connectivity index is 1.75. The molecule has 0 aliphatic rings. The first-order chi connectivity index (χ1) is 12.5. The molecule has 7 nitrogen and oxygen atoms in total. The van der Waals surface area contributed by atoms with E-state index in [0.29, 0.717) is 10.8 Å². The Bertz CT molecular complexity index is 1300. The molecule has 0 amide bonds. The SMILES string of the molecule is Cc1cc(C)c2c(n1)sc1c2ncn2nc([C@H](C)n3cc(Cl)cn3)nc12. The summed E-state index contributed by atoms with van der Waals surface area (Å²) in [5.74, 6) is 0.664. The lowest BCUT2D eigenvalue weighted by atomic mass is 10.1. The average molecular weight is 384 g/mol. The molecule has 0 fully saturated rings. The van der Waals surface area contributed by atoms with Gasteiger partial charge in [0.2, 0.25) is 0 Å². The summed E-state index contributed by atoms with van der Waals surface area (Å²) in [6.45, 7) is 6.09. The fraction of sp³-hybridized carbons (Fsp3) is 0.235. The normalized spacial score (nSPS) is 13.2. The van der Waals surface area contributed by atoms with Crippen LogP contribution in [0.15, 0.2) is 24.8 Å². The molecule has 0 aliphatic carbocycles. The Hall–Kier alpha value is -2.58. The molecule has 0 saturated carbocycles. The topological polar surface area (TPSA) is 73.8 Å². The Morgan fingerprint density at radius 2 is 2.08 bits per heavy atom. The second-order valence-electron chi connectivity index (χ2n) is 6.34. The minimum absolute atomic E-state index is 0.131. The quantitative estimate of drug-likeness (QED) is 0.461. The molecule has 9 heteroatoms. The molecule has 5 rings (SSSR count). The largest absolute Gasteiger partial charge is 0.261 e. The summed E-state index contributed by atoms with van der Waals surface area (Å²) in [6, 6.07) is 1.95. The highest BCUT2D eigenvalue weighted by molar-refractivity contribution is 7.26. The highest BCUT2D eigenvalue weighted by atomic mass is 35.5. The second kappa shape index (κ2) is 5.46. The van der Waals surface area contributed by atoms with Gasteiger partial charge in [0.25, 0.3) is 0 Å². The van der Waals surface area contributed by atoms with Gasteiger partial charge in [0, 0.05) is 17.3 Å². The number of rotatable bonds is 2. The number of aromatic nitrogens is 7. The zero-order valence-electron chi connectivity index (χ0n) is 14.3. The Morgan fingerprint density at radius 1 is 1.23 bits per heavy atom. The summed E-state index contributed by atoms with van der Waals surface area (Å²) in [5.41, 5.74) is 3.89. The Morgan fingerprint density at radius 3 is 2.85 bits per heavy atom. The minimum Gasteiger partial charge on any atom is -0.261 e. The average Bonchev–Trinajstić information content (AvgIpc) is 3.28. The molecule has 0 bridgehead atoms. The number of hydrogen-bond acceptors (Lipinski definition) is 6. The number of hydrogen-bond donors (Lipinski definition) is 0. The summed E-state index contributed by atoms with van der Waals surface area (Å²) >= 11 is 7.58. The summed E-state index contributed by atoms with van der Waals surface area (Å²) in [5, 5.41) is 10.5. The van der Waals surface area contributed by atoms with E-state index in [0.717, 1.165) is 31.8 Å². The van der Waals surface area contributed by atoms with Crippen molar-refractivity contribution in [2.24, 2.45) is 0 Å². The van der Waals surface area contributed by atoms with Crippen LogP contribution < -0.4 is 0 Å². The van der Waals surface area contributed by atoms with Crippen molar-refractivity contribution in [3.05, 3.63) is 46.9 Å². The zero-order valence-corrected chi connectivity index (χ0v) is 15.9. The molecule has 0 unspecified atom stereocenters. The van der Waals surface area contributed by atoms with Gasteiger partial charge in [-0.3, -0.25) is 4.68 Å². The van der Waals surface area contributed by atoms with Crippen LogP contribution in [0.5, 0.6) is 0 Å². The molecule has 5 aromatic rings. The summed E-state index contributed by atoms with van der Waals surface area (Å²) < 4.78 is 4.46. The van der Waals surface area contributed by atoms with E-state index < -0.39 is 0 Å². The monoisotopic (exact) mass is 383 g/mol. The third kappa shape index (κ3) is 2.22. The predicted octanol–water partition coefficient (Wildman–Crippen LogP) is 3.96. The van der Waals surface area contributed by atoms with Crippen molar-refractivity contribution in [2.45, 2.75) is 26.8 Å². The van der Waals surface area contributed by atoms with Gasteiger partial charge in [-0.25, -0.2) is 19.5 Å². The van der Waals surface area contributed by atoms with Crippen molar-refractivity contribution in [3.8, 4) is 0 Å². The predicted molar refractivity (Wildman–Crippen MR) is 102 cm³/mol. The number of halogens is 1.